The lowest BCUT2D eigenvalue weighted by molar-refractivity contribution is 0.254. The van der Waals surface area contributed by atoms with E-state index in [4.69, 9.17) is 4.74 Å². The molecule has 114 valence electrons. The summed E-state index contributed by atoms with van der Waals surface area (Å²) in [4.78, 5) is 0. The Kier molecular flexibility index (Phi) is 7.04. The predicted molar refractivity (Wildman–Crippen MR) is 90.6 cm³/mol. The van der Waals surface area contributed by atoms with E-state index < -0.39 is 0 Å². The van der Waals surface area contributed by atoms with Crippen LogP contribution in [0.5, 0.6) is 5.75 Å². The van der Waals surface area contributed by atoms with Gasteiger partial charge in [0.15, 0.2) is 0 Å². The molecule has 0 spiro atoms. The molecule has 2 nitrogen and oxygen atoms in total. The Balaban J connectivity index is 2.60. The summed E-state index contributed by atoms with van der Waals surface area (Å²) in [6.45, 7) is 10.1. The van der Waals surface area contributed by atoms with E-state index in [2.05, 4.69) is 55.0 Å². The first-order valence-corrected chi connectivity index (χ1v) is 8.23. The van der Waals surface area contributed by atoms with E-state index in [0.29, 0.717) is 11.5 Å². The highest BCUT2D eigenvalue weighted by molar-refractivity contribution is 9.10. The van der Waals surface area contributed by atoms with Crippen molar-refractivity contribution in [3.05, 3.63) is 28.2 Å². The van der Waals surface area contributed by atoms with Crippen molar-refractivity contribution in [1.82, 2.24) is 5.32 Å². The van der Waals surface area contributed by atoms with Gasteiger partial charge in [-0.05, 0) is 55.0 Å². The molecule has 0 radical (unpaired) electrons. The van der Waals surface area contributed by atoms with Crippen molar-refractivity contribution >= 4 is 15.9 Å². The minimum Gasteiger partial charge on any atom is -0.496 e. The summed E-state index contributed by atoms with van der Waals surface area (Å²) >= 11 is 3.54. The van der Waals surface area contributed by atoms with Crippen LogP contribution in [0.25, 0.3) is 0 Å². The molecule has 0 saturated carbocycles. The summed E-state index contributed by atoms with van der Waals surface area (Å²) in [6, 6.07) is 6.79. The lowest BCUT2D eigenvalue weighted by Crippen LogP contribution is -2.40. The molecule has 0 fully saturated rings. The minimum absolute atomic E-state index is 0.303. The second kappa shape index (κ2) is 8.04. The molecule has 0 saturated heterocycles. The maximum atomic E-state index is 5.44. The summed E-state index contributed by atoms with van der Waals surface area (Å²) in [5.74, 6) is 0.990. The zero-order valence-electron chi connectivity index (χ0n) is 13.4. The average molecular weight is 342 g/mol. The molecule has 0 aliphatic carbocycles. The van der Waals surface area contributed by atoms with E-state index in [1.165, 1.54) is 18.4 Å². The number of hydrogen-bond donors (Lipinski definition) is 1. The zero-order valence-corrected chi connectivity index (χ0v) is 15.0. The van der Waals surface area contributed by atoms with Crippen LogP contribution in [0.1, 0.15) is 46.1 Å². The van der Waals surface area contributed by atoms with Crippen LogP contribution in [0.4, 0.5) is 0 Å². The highest BCUT2D eigenvalue weighted by Gasteiger charge is 2.23. The van der Waals surface area contributed by atoms with Crippen LogP contribution in [0, 0.1) is 5.41 Å². The molecule has 20 heavy (non-hydrogen) atoms. The normalized spacial score (nSPS) is 13.3. The molecular weight excluding hydrogens is 314 g/mol. The van der Waals surface area contributed by atoms with E-state index in [1.807, 2.05) is 12.1 Å². The van der Waals surface area contributed by atoms with E-state index in [1.54, 1.807) is 7.11 Å². The van der Waals surface area contributed by atoms with Gasteiger partial charge in [0, 0.05) is 10.5 Å². The summed E-state index contributed by atoms with van der Waals surface area (Å²) in [5, 5.41) is 3.61. The fourth-order valence-electron chi connectivity index (χ4n) is 2.53. The van der Waals surface area contributed by atoms with Gasteiger partial charge in [-0.3, -0.25) is 0 Å². The lowest BCUT2D eigenvalue weighted by Gasteiger charge is -2.31. The fourth-order valence-corrected chi connectivity index (χ4v) is 2.94. The third kappa shape index (κ3) is 5.45. The molecule has 1 unspecified atom stereocenters. The molecule has 0 aromatic heterocycles. The summed E-state index contributed by atoms with van der Waals surface area (Å²) < 4.78 is 6.55. The number of rotatable bonds is 7. The lowest BCUT2D eigenvalue weighted by atomic mass is 9.83. The highest BCUT2D eigenvalue weighted by Crippen LogP contribution is 2.27. The van der Waals surface area contributed by atoms with E-state index in [-0.39, 0.29) is 0 Å². The van der Waals surface area contributed by atoms with Gasteiger partial charge in [-0.25, -0.2) is 0 Å². The van der Waals surface area contributed by atoms with Crippen molar-refractivity contribution in [2.45, 2.75) is 53.0 Å². The maximum Gasteiger partial charge on any atom is 0.122 e. The predicted octanol–water partition coefficient (Wildman–Crippen LogP) is 4.80. The highest BCUT2D eigenvalue weighted by atomic mass is 79.9. The van der Waals surface area contributed by atoms with Gasteiger partial charge in [0.25, 0.3) is 0 Å². The minimum atomic E-state index is 0.303. The SMILES string of the molecule is CCNC(CCCc1cc(Br)ccc1OC)C(C)(C)C. The van der Waals surface area contributed by atoms with Crippen LogP contribution in [0.2, 0.25) is 0 Å². The molecule has 0 heterocycles. The molecule has 1 atom stereocenters. The van der Waals surface area contributed by atoms with Crippen molar-refractivity contribution in [2.75, 3.05) is 13.7 Å². The first-order valence-electron chi connectivity index (χ1n) is 7.44. The number of benzene rings is 1. The maximum absolute atomic E-state index is 5.44. The first kappa shape index (κ1) is 17.5. The smallest absolute Gasteiger partial charge is 0.122 e. The van der Waals surface area contributed by atoms with Gasteiger partial charge in [-0.1, -0.05) is 43.6 Å². The Bertz CT molecular complexity index is 412. The Hall–Kier alpha value is -0.540. The Morgan fingerprint density at radius 1 is 1.30 bits per heavy atom. The van der Waals surface area contributed by atoms with Crippen molar-refractivity contribution in [3.8, 4) is 5.75 Å². The van der Waals surface area contributed by atoms with Gasteiger partial charge in [0.1, 0.15) is 5.75 Å². The Labute approximate surface area is 132 Å². The van der Waals surface area contributed by atoms with Crippen LogP contribution < -0.4 is 10.1 Å². The molecular formula is C17H28BrNO. The fraction of sp³-hybridized carbons (Fsp3) is 0.647. The molecule has 0 bridgehead atoms. The van der Waals surface area contributed by atoms with Gasteiger partial charge in [-0.2, -0.15) is 0 Å². The summed E-state index contributed by atoms with van der Waals surface area (Å²) in [6.07, 6.45) is 3.41. The average Bonchev–Trinajstić information content (AvgIpc) is 2.37. The van der Waals surface area contributed by atoms with Crippen molar-refractivity contribution < 1.29 is 4.74 Å². The number of aryl methyl sites for hydroxylation is 1. The zero-order chi connectivity index (χ0) is 15.2. The van der Waals surface area contributed by atoms with Crippen LogP contribution in [-0.4, -0.2) is 19.7 Å². The second-order valence-corrected chi connectivity index (χ2v) is 7.24. The molecule has 1 rings (SSSR count). The monoisotopic (exact) mass is 341 g/mol. The third-order valence-electron chi connectivity index (χ3n) is 3.68. The van der Waals surface area contributed by atoms with Crippen LogP contribution in [-0.2, 0) is 6.42 Å². The molecule has 1 aromatic rings. The second-order valence-electron chi connectivity index (χ2n) is 6.32. The van der Waals surface area contributed by atoms with Gasteiger partial charge in [-0.15, -0.1) is 0 Å². The standard InChI is InChI=1S/C17H28BrNO/c1-6-19-16(17(2,3)4)9-7-8-13-12-14(18)10-11-15(13)20-5/h10-12,16,19H,6-9H2,1-5H3. The van der Waals surface area contributed by atoms with E-state index in [0.717, 1.165) is 23.2 Å². The van der Waals surface area contributed by atoms with Crippen LogP contribution >= 0.6 is 15.9 Å². The van der Waals surface area contributed by atoms with E-state index in [9.17, 15) is 0 Å². The van der Waals surface area contributed by atoms with Crippen molar-refractivity contribution in [1.29, 1.82) is 0 Å². The molecule has 0 aliphatic rings. The third-order valence-corrected chi connectivity index (χ3v) is 4.17. The molecule has 0 amide bonds. The number of methoxy groups -OCH3 is 1. The number of hydrogen-bond acceptors (Lipinski definition) is 2. The molecule has 1 aromatic carbocycles. The first-order chi connectivity index (χ1) is 9.38. The van der Waals surface area contributed by atoms with Crippen molar-refractivity contribution in [2.24, 2.45) is 5.41 Å². The molecule has 1 N–H and O–H groups in total. The number of nitrogens with one attached hydrogen (secondary N) is 1. The Morgan fingerprint density at radius 2 is 2.00 bits per heavy atom. The topological polar surface area (TPSA) is 21.3 Å². The quantitative estimate of drug-likeness (QED) is 0.768. The van der Waals surface area contributed by atoms with Gasteiger partial charge >= 0.3 is 0 Å². The van der Waals surface area contributed by atoms with Gasteiger partial charge < -0.3 is 10.1 Å². The van der Waals surface area contributed by atoms with E-state index >= 15 is 0 Å². The number of ether oxygens (including phenoxy) is 1. The van der Waals surface area contributed by atoms with Gasteiger partial charge in [0.05, 0.1) is 7.11 Å². The largest absolute Gasteiger partial charge is 0.496 e. The van der Waals surface area contributed by atoms with Gasteiger partial charge in [0.2, 0.25) is 0 Å². The summed E-state index contributed by atoms with van der Waals surface area (Å²) in [5.41, 5.74) is 1.59. The molecule has 3 heteroatoms. The van der Waals surface area contributed by atoms with Crippen LogP contribution in [0.15, 0.2) is 22.7 Å². The van der Waals surface area contributed by atoms with Crippen molar-refractivity contribution in [3.63, 3.8) is 0 Å². The molecule has 0 aliphatic heterocycles. The van der Waals surface area contributed by atoms with Crippen LogP contribution in [0.3, 0.4) is 0 Å². The Morgan fingerprint density at radius 3 is 2.55 bits per heavy atom. The number of halogens is 1. The summed E-state index contributed by atoms with van der Waals surface area (Å²) in [7, 11) is 1.74.